The van der Waals surface area contributed by atoms with Crippen molar-refractivity contribution in [3.63, 3.8) is 0 Å². The maximum absolute atomic E-state index is 12.1. The Hall–Kier alpha value is -3.51. The van der Waals surface area contributed by atoms with Gasteiger partial charge in [-0.15, -0.1) is 0 Å². The lowest BCUT2D eigenvalue weighted by Crippen LogP contribution is -2.34. The first-order valence-electron chi connectivity index (χ1n) is 9.22. The number of hydrogen-bond donors (Lipinski definition) is 1. The number of carbonyl (C=O) groups excluding carboxylic acids is 1. The number of imidazole rings is 1. The molecule has 0 aliphatic carbocycles. The van der Waals surface area contributed by atoms with Crippen LogP contribution in [0.25, 0.3) is 11.0 Å². The van der Waals surface area contributed by atoms with Gasteiger partial charge in [-0.25, -0.2) is 9.78 Å². The molecular weight excluding hydrogens is 366 g/mol. The Labute approximate surface area is 168 Å². The third-order valence-electron chi connectivity index (χ3n) is 5.17. The van der Waals surface area contributed by atoms with Gasteiger partial charge in [-0.3, -0.25) is 4.98 Å². The zero-order valence-electron chi connectivity index (χ0n) is 16.5. The van der Waals surface area contributed by atoms with Crippen molar-refractivity contribution in [2.24, 2.45) is 7.05 Å². The van der Waals surface area contributed by atoms with Crippen molar-refractivity contribution in [1.29, 1.82) is 0 Å². The summed E-state index contributed by atoms with van der Waals surface area (Å²) in [7, 11) is 3.16. The zero-order valence-corrected chi connectivity index (χ0v) is 16.5. The molecule has 0 bridgehead atoms. The van der Waals surface area contributed by atoms with Crippen LogP contribution in [0.3, 0.4) is 0 Å². The van der Waals surface area contributed by atoms with E-state index in [0.717, 1.165) is 5.56 Å². The Bertz CT molecular complexity index is 1200. The highest BCUT2D eigenvalue weighted by molar-refractivity contribution is 5.93. The molecule has 0 fully saturated rings. The van der Waals surface area contributed by atoms with Gasteiger partial charge in [0.25, 0.3) is 0 Å². The molecule has 1 unspecified atom stereocenters. The minimum Gasteiger partial charge on any atom is -0.465 e. The van der Waals surface area contributed by atoms with Crippen LogP contribution in [-0.2, 0) is 17.4 Å². The number of aromatic nitrogens is 3. The van der Waals surface area contributed by atoms with Gasteiger partial charge in [0.05, 0.1) is 29.4 Å². The zero-order chi connectivity index (χ0) is 20.6. The lowest BCUT2D eigenvalue weighted by molar-refractivity contribution is 0.0601. The van der Waals surface area contributed by atoms with Crippen LogP contribution in [0.5, 0.6) is 0 Å². The van der Waals surface area contributed by atoms with E-state index in [9.17, 15) is 9.90 Å². The monoisotopic (exact) mass is 387 g/mol. The number of nitrogens with zero attached hydrogens (tertiary/aromatic N) is 3. The molecule has 0 aliphatic rings. The molecule has 0 amide bonds. The Balaban J connectivity index is 2.01. The van der Waals surface area contributed by atoms with E-state index in [0.29, 0.717) is 33.7 Å². The molecule has 146 valence electrons. The highest BCUT2D eigenvalue weighted by atomic mass is 16.5. The minimum atomic E-state index is -1.56. The van der Waals surface area contributed by atoms with Crippen LogP contribution in [0.15, 0.2) is 66.9 Å². The first-order chi connectivity index (χ1) is 14.0. The van der Waals surface area contributed by atoms with Crippen molar-refractivity contribution < 1.29 is 14.6 Å². The molecule has 0 radical (unpaired) electrons. The fourth-order valence-corrected chi connectivity index (χ4v) is 3.67. The molecular formula is C23H21N3O3. The fraction of sp³-hybridized carbons (Fsp3) is 0.174. The number of fused-ring (bicyclic) bond motifs is 1. The average Bonchev–Trinajstić information content (AvgIpc) is 3.10. The largest absolute Gasteiger partial charge is 0.465 e. The maximum Gasteiger partial charge on any atom is 0.337 e. The van der Waals surface area contributed by atoms with Gasteiger partial charge in [-0.05, 0) is 42.3 Å². The molecule has 2 heterocycles. The van der Waals surface area contributed by atoms with E-state index in [4.69, 9.17) is 9.72 Å². The van der Waals surface area contributed by atoms with E-state index in [2.05, 4.69) is 4.98 Å². The molecule has 0 saturated heterocycles. The highest BCUT2D eigenvalue weighted by Crippen LogP contribution is 2.37. The van der Waals surface area contributed by atoms with Gasteiger partial charge < -0.3 is 14.4 Å². The predicted molar refractivity (Wildman–Crippen MR) is 110 cm³/mol. The summed E-state index contributed by atoms with van der Waals surface area (Å²) in [5, 5.41) is 12.1. The van der Waals surface area contributed by atoms with E-state index in [1.54, 1.807) is 29.0 Å². The SMILES string of the molecule is COC(=O)c1ccc2nc(C(O)(c3ccccc3)c3ncccc3C)n(C)c2c1. The van der Waals surface area contributed by atoms with E-state index in [-0.39, 0.29) is 0 Å². The van der Waals surface area contributed by atoms with Gasteiger partial charge in [0.1, 0.15) is 0 Å². The Morgan fingerprint density at radius 1 is 1.10 bits per heavy atom. The van der Waals surface area contributed by atoms with Crippen molar-refractivity contribution in [3.8, 4) is 0 Å². The first kappa shape index (κ1) is 18.8. The van der Waals surface area contributed by atoms with E-state index < -0.39 is 11.6 Å². The number of aliphatic hydroxyl groups is 1. The molecule has 6 nitrogen and oxygen atoms in total. The van der Waals surface area contributed by atoms with Crippen LogP contribution >= 0.6 is 0 Å². The van der Waals surface area contributed by atoms with Crippen molar-refractivity contribution in [1.82, 2.24) is 14.5 Å². The van der Waals surface area contributed by atoms with E-state index >= 15 is 0 Å². The molecule has 0 spiro atoms. The number of rotatable bonds is 4. The molecule has 29 heavy (non-hydrogen) atoms. The number of ether oxygens (including phenoxy) is 1. The standard InChI is InChI=1S/C23H21N3O3/c1-15-8-7-13-24-20(15)23(28,17-9-5-4-6-10-17)22-25-18-12-11-16(21(27)29-3)14-19(18)26(22)2/h4-14,28H,1-3H3. The third kappa shape index (κ3) is 2.98. The number of carbonyl (C=O) groups is 1. The van der Waals surface area contributed by atoms with Gasteiger partial charge in [-0.2, -0.15) is 0 Å². The second kappa shape index (κ2) is 7.14. The summed E-state index contributed by atoms with van der Waals surface area (Å²) in [4.78, 5) is 21.2. The molecule has 0 saturated carbocycles. The minimum absolute atomic E-state index is 0.419. The lowest BCUT2D eigenvalue weighted by atomic mass is 9.86. The van der Waals surface area contributed by atoms with Crippen molar-refractivity contribution >= 4 is 17.0 Å². The molecule has 6 heteroatoms. The number of hydrogen-bond acceptors (Lipinski definition) is 5. The van der Waals surface area contributed by atoms with Crippen LogP contribution < -0.4 is 0 Å². The van der Waals surface area contributed by atoms with Gasteiger partial charge in [0.2, 0.25) is 0 Å². The number of benzene rings is 2. The fourth-order valence-electron chi connectivity index (χ4n) is 3.67. The number of pyridine rings is 1. The molecule has 1 atom stereocenters. The number of esters is 1. The number of methoxy groups -OCH3 is 1. The summed E-state index contributed by atoms with van der Waals surface area (Å²) in [5.41, 5.74) is 2.26. The van der Waals surface area contributed by atoms with Crippen LogP contribution in [0, 0.1) is 6.92 Å². The number of aryl methyl sites for hydroxylation is 2. The smallest absolute Gasteiger partial charge is 0.337 e. The molecule has 4 aromatic rings. The summed E-state index contributed by atoms with van der Waals surface area (Å²) in [6.07, 6.45) is 1.66. The summed E-state index contributed by atoms with van der Waals surface area (Å²) < 4.78 is 6.62. The molecule has 0 aliphatic heterocycles. The maximum atomic E-state index is 12.1. The molecule has 2 aromatic carbocycles. The summed E-state index contributed by atoms with van der Waals surface area (Å²) in [6.45, 7) is 1.91. The van der Waals surface area contributed by atoms with Crippen LogP contribution in [0.4, 0.5) is 0 Å². The van der Waals surface area contributed by atoms with Crippen molar-refractivity contribution in [2.75, 3.05) is 7.11 Å². The predicted octanol–water partition coefficient (Wildman–Crippen LogP) is 3.35. The van der Waals surface area contributed by atoms with Gasteiger partial charge in [0.15, 0.2) is 11.4 Å². The van der Waals surface area contributed by atoms with Crippen molar-refractivity contribution in [2.45, 2.75) is 12.5 Å². The van der Waals surface area contributed by atoms with Crippen molar-refractivity contribution in [3.05, 3.63) is 95.1 Å². The van der Waals surface area contributed by atoms with E-state index in [1.165, 1.54) is 7.11 Å². The molecule has 1 N–H and O–H groups in total. The van der Waals surface area contributed by atoms with Gasteiger partial charge >= 0.3 is 5.97 Å². The van der Waals surface area contributed by atoms with Crippen LogP contribution in [-0.4, -0.2) is 32.7 Å². The third-order valence-corrected chi connectivity index (χ3v) is 5.17. The van der Waals surface area contributed by atoms with Crippen LogP contribution in [0.2, 0.25) is 0 Å². The Morgan fingerprint density at radius 3 is 2.55 bits per heavy atom. The second-order valence-corrected chi connectivity index (χ2v) is 6.93. The van der Waals surface area contributed by atoms with Gasteiger partial charge in [0, 0.05) is 13.2 Å². The van der Waals surface area contributed by atoms with Gasteiger partial charge in [-0.1, -0.05) is 36.4 Å². The van der Waals surface area contributed by atoms with E-state index in [1.807, 2.05) is 56.4 Å². The second-order valence-electron chi connectivity index (χ2n) is 6.93. The molecule has 4 rings (SSSR count). The van der Waals surface area contributed by atoms with Crippen LogP contribution in [0.1, 0.15) is 33.0 Å². The molecule has 2 aromatic heterocycles. The lowest BCUT2D eigenvalue weighted by Gasteiger charge is -2.29. The summed E-state index contributed by atoms with van der Waals surface area (Å²) >= 11 is 0. The quantitative estimate of drug-likeness (QED) is 0.544. The topological polar surface area (TPSA) is 77.2 Å². The average molecular weight is 387 g/mol. The highest BCUT2D eigenvalue weighted by Gasteiger charge is 2.40. The first-order valence-corrected chi connectivity index (χ1v) is 9.22. The summed E-state index contributed by atoms with van der Waals surface area (Å²) in [6, 6.07) is 18.2. The normalized spacial score (nSPS) is 13.2. The summed E-state index contributed by atoms with van der Waals surface area (Å²) in [5.74, 6) is -0.00365. The Morgan fingerprint density at radius 2 is 1.86 bits per heavy atom. The Kier molecular flexibility index (Phi) is 4.64.